The van der Waals surface area contributed by atoms with Crippen LogP contribution in [0.5, 0.6) is 40.2 Å². The zero-order valence-electron chi connectivity index (χ0n) is 29.2. The van der Waals surface area contributed by atoms with Gasteiger partial charge in [0.25, 0.3) is 6.47 Å². The molecule has 0 spiro atoms. The Bertz CT molecular complexity index is 2060. The van der Waals surface area contributed by atoms with E-state index in [1.165, 1.54) is 60.7 Å². The molecule has 1 aliphatic rings. The zero-order valence-corrected chi connectivity index (χ0v) is 29.2. The second-order valence-corrected chi connectivity index (χ2v) is 11.3. The van der Waals surface area contributed by atoms with Crippen molar-refractivity contribution in [3.05, 3.63) is 106 Å². The third kappa shape index (κ3) is 11.3. The van der Waals surface area contributed by atoms with Gasteiger partial charge in [0, 0.05) is 30.9 Å². The van der Waals surface area contributed by atoms with Crippen LogP contribution in [-0.4, -0.2) is 77.4 Å². The fourth-order valence-corrected chi connectivity index (χ4v) is 5.09. The Morgan fingerprint density at radius 3 is 1.78 bits per heavy atom. The van der Waals surface area contributed by atoms with E-state index in [0.717, 1.165) is 6.08 Å². The molecule has 4 aromatic carbocycles. The Morgan fingerprint density at radius 1 is 0.764 bits per heavy atom. The summed E-state index contributed by atoms with van der Waals surface area (Å²) in [4.78, 5) is 56.0. The third-order valence-electron chi connectivity index (χ3n) is 7.75. The molecule has 17 heteroatoms. The van der Waals surface area contributed by atoms with Crippen LogP contribution in [0.4, 0.5) is 5.69 Å². The number of aliphatic carboxylic acids is 2. The number of phenolic OH excluding ortho intramolecular Hbond substituents is 6. The number of phenols is 6. The quantitative estimate of drug-likeness (QED) is 0.0288. The maximum absolute atomic E-state index is 12.4. The Hall–Kier alpha value is -7.30. The second-order valence-electron chi connectivity index (χ2n) is 11.3. The number of esters is 1. The first-order valence-electron chi connectivity index (χ1n) is 16.3. The van der Waals surface area contributed by atoms with Crippen molar-refractivity contribution in [3.63, 3.8) is 0 Å². The van der Waals surface area contributed by atoms with Gasteiger partial charge in [-0.25, -0.2) is 14.4 Å². The summed E-state index contributed by atoms with van der Waals surface area (Å²) in [5.74, 6) is -5.49. The van der Waals surface area contributed by atoms with Crippen LogP contribution < -0.4 is 4.74 Å². The second kappa shape index (κ2) is 19.5. The smallest absolute Gasteiger partial charge is 0.345 e. The molecule has 55 heavy (non-hydrogen) atoms. The van der Waals surface area contributed by atoms with Gasteiger partial charge in [0.15, 0.2) is 40.2 Å². The fraction of sp³-hybridized carbons (Fsp3) is 0.211. The Morgan fingerprint density at radius 2 is 1.29 bits per heavy atom. The van der Waals surface area contributed by atoms with Crippen LogP contribution in [0.15, 0.2) is 78.0 Å². The minimum absolute atomic E-state index is 0.0447. The van der Waals surface area contributed by atoms with Gasteiger partial charge >= 0.3 is 17.9 Å². The summed E-state index contributed by atoms with van der Waals surface area (Å²) in [6.07, 6.45) is -1.09. The van der Waals surface area contributed by atoms with Crippen molar-refractivity contribution in [2.75, 3.05) is 0 Å². The Labute approximate surface area is 312 Å². The van der Waals surface area contributed by atoms with Crippen LogP contribution in [0.3, 0.4) is 0 Å². The molecule has 290 valence electrons. The van der Waals surface area contributed by atoms with Crippen LogP contribution in [-0.2, 0) is 47.9 Å². The van der Waals surface area contributed by atoms with Crippen molar-refractivity contribution in [1.29, 1.82) is 0 Å². The van der Waals surface area contributed by atoms with E-state index >= 15 is 0 Å². The summed E-state index contributed by atoms with van der Waals surface area (Å²) in [7, 11) is 0. The van der Waals surface area contributed by atoms with Gasteiger partial charge in [0.1, 0.15) is 11.8 Å². The summed E-state index contributed by atoms with van der Waals surface area (Å²) < 4.78 is 15.3. The summed E-state index contributed by atoms with van der Waals surface area (Å²) in [6, 6.07) is 14.8. The van der Waals surface area contributed by atoms with E-state index in [1.54, 1.807) is 12.1 Å². The molecule has 5 rings (SSSR count). The lowest BCUT2D eigenvalue weighted by Crippen LogP contribution is -2.28. The highest BCUT2D eigenvalue weighted by Crippen LogP contribution is 2.46. The monoisotopic (exact) mass is 763 g/mol. The van der Waals surface area contributed by atoms with Crippen LogP contribution in [0, 0.1) is 4.91 Å². The maximum atomic E-state index is 12.4. The lowest BCUT2D eigenvalue weighted by atomic mass is 9.98. The zero-order chi connectivity index (χ0) is 40.8. The highest BCUT2D eigenvalue weighted by atomic mass is 16.6. The minimum Gasteiger partial charge on any atom is -0.504 e. The average molecular weight is 764 g/mol. The number of fused-ring (bicyclic) bond motifs is 1. The maximum Gasteiger partial charge on any atom is 0.345 e. The van der Waals surface area contributed by atoms with Gasteiger partial charge in [-0.2, -0.15) is 0 Å². The van der Waals surface area contributed by atoms with E-state index in [1.807, 2.05) is 13.8 Å². The first-order valence-corrected chi connectivity index (χ1v) is 16.3. The molecule has 0 unspecified atom stereocenters. The molecule has 0 saturated heterocycles. The molecule has 8 N–H and O–H groups in total. The van der Waals surface area contributed by atoms with Gasteiger partial charge in [-0.15, -0.1) is 4.91 Å². The predicted molar refractivity (Wildman–Crippen MR) is 192 cm³/mol. The molecule has 0 amide bonds. The topological polar surface area (TPSA) is 287 Å². The molecule has 0 radical (unpaired) electrons. The number of aromatic hydroxyl groups is 6. The molecule has 0 bridgehead atoms. The van der Waals surface area contributed by atoms with Crippen molar-refractivity contribution in [1.82, 2.24) is 0 Å². The van der Waals surface area contributed by atoms with Crippen LogP contribution >= 0.6 is 0 Å². The summed E-state index contributed by atoms with van der Waals surface area (Å²) in [5.41, 5.74) is 2.42. The average Bonchev–Trinajstić information content (AvgIpc) is 3.61. The van der Waals surface area contributed by atoms with E-state index in [2.05, 4.69) is 9.91 Å². The first kappa shape index (κ1) is 42.1. The summed E-state index contributed by atoms with van der Waals surface area (Å²) in [6.45, 7) is 4.05. The van der Waals surface area contributed by atoms with Crippen LogP contribution in [0.25, 0.3) is 6.08 Å². The highest BCUT2D eigenvalue weighted by molar-refractivity contribution is 5.90. The standard InChI is InChI=1S/C26H21NO10.C10H10O6.C2H6/c28-18-6-1-13(9-20(18)30)10-23(26(33)34)36-24(32)8-4-14-2-5-17(27-35)25-16(14)12-22(37-25)15-3-7-19(29)21(31)11-15;11-5-16-9(10(14)15)4-6-1-2-7(12)8(13)3-6;1-2/h1-9,11,22-23,28-31H,10,12H2,(H,33,34);1-3,5,9,12-13H,4H2,(H,14,15);1-2H3/b8-4+;;/t22-,23+;9-;/m01./s1. The lowest BCUT2D eigenvalue weighted by molar-refractivity contribution is -0.160. The molecule has 0 fully saturated rings. The number of carbonyl (C=O) groups is 4. The van der Waals surface area contributed by atoms with Crippen molar-refractivity contribution < 1.29 is 74.2 Å². The van der Waals surface area contributed by atoms with Gasteiger partial charge in [-0.1, -0.05) is 38.1 Å². The van der Waals surface area contributed by atoms with Gasteiger partial charge in [-0.3, -0.25) is 4.79 Å². The first-order chi connectivity index (χ1) is 26.2. The number of benzene rings is 4. The number of hydrogen-bond donors (Lipinski definition) is 8. The molecule has 0 aliphatic carbocycles. The molecule has 4 aromatic rings. The molecule has 1 aliphatic heterocycles. The number of rotatable bonds is 13. The van der Waals surface area contributed by atoms with Crippen molar-refractivity contribution in [3.8, 4) is 40.2 Å². The highest BCUT2D eigenvalue weighted by Gasteiger charge is 2.30. The van der Waals surface area contributed by atoms with Crippen LogP contribution in [0.2, 0.25) is 0 Å². The number of carboxylic acids is 2. The molecule has 3 atom stereocenters. The van der Waals surface area contributed by atoms with Gasteiger partial charge in [-0.05, 0) is 76.0 Å². The predicted octanol–water partition coefficient (Wildman–Crippen LogP) is 5.13. The number of nitrogens with zero attached hydrogens (tertiary/aromatic N) is 1. The largest absolute Gasteiger partial charge is 0.504 e. The molecule has 0 aromatic heterocycles. The molecular weight excluding hydrogens is 726 g/mol. The van der Waals surface area contributed by atoms with Gasteiger partial charge in [0.2, 0.25) is 12.2 Å². The fourth-order valence-electron chi connectivity index (χ4n) is 5.09. The lowest BCUT2D eigenvalue weighted by Gasteiger charge is -2.13. The molecular formula is C38H37NO16. The number of hydrogen-bond acceptors (Lipinski definition) is 15. The number of carboxylic acid groups (broad SMARTS) is 2. The number of ether oxygens (including phenoxy) is 3. The van der Waals surface area contributed by atoms with Gasteiger partial charge in [0.05, 0.1) is 0 Å². The summed E-state index contributed by atoms with van der Waals surface area (Å²) >= 11 is 0. The number of carbonyl (C=O) groups excluding carboxylic acids is 2. The van der Waals surface area contributed by atoms with Crippen molar-refractivity contribution >= 4 is 36.1 Å². The van der Waals surface area contributed by atoms with E-state index in [4.69, 9.17) is 19.7 Å². The number of nitroso groups, excluding NO2 is 1. The Balaban J connectivity index is 0.000000378. The molecule has 17 nitrogen and oxygen atoms in total. The molecule has 0 saturated carbocycles. The third-order valence-corrected chi connectivity index (χ3v) is 7.75. The minimum atomic E-state index is -1.55. The summed E-state index contributed by atoms with van der Waals surface area (Å²) in [5, 5.41) is 77.7. The van der Waals surface area contributed by atoms with E-state index in [-0.39, 0.29) is 65.9 Å². The van der Waals surface area contributed by atoms with E-state index in [9.17, 15) is 54.7 Å². The Kier molecular flexibility index (Phi) is 14.9. The SMILES string of the molecule is CC.O=CO[C@H](Cc1ccc(O)c(O)c1)C(=O)O.O=Nc1ccc(/C=C/C(=O)O[C@H](Cc2ccc(O)c(O)c2)C(=O)O)c2c1O[C@H](c1ccc(O)c(O)c1)C2. The van der Waals surface area contributed by atoms with Crippen molar-refractivity contribution in [2.45, 2.75) is 51.4 Å². The van der Waals surface area contributed by atoms with Gasteiger partial charge < -0.3 is 55.1 Å². The van der Waals surface area contributed by atoms with E-state index in [0.29, 0.717) is 27.8 Å². The van der Waals surface area contributed by atoms with Crippen molar-refractivity contribution in [2.24, 2.45) is 5.18 Å². The normalized spacial score (nSPS) is 13.7. The molecule has 1 heterocycles. The van der Waals surface area contributed by atoms with Crippen LogP contribution in [0.1, 0.15) is 47.8 Å². The van der Waals surface area contributed by atoms with E-state index < -0.39 is 42.0 Å².